The Morgan fingerprint density at radius 1 is 0.462 bits per heavy atom. The Morgan fingerprint density at radius 3 is 1.09 bits per heavy atom. The van der Waals surface area contributed by atoms with Crippen LogP contribution in [0, 0.1) is 0 Å². The van der Waals surface area contributed by atoms with E-state index in [1.165, 1.54) is 24.3 Å². The molecule has 4 aromatic rings. The third-order valence-corrected chi connectivity index (χ3v) is 13.6. The van der Waals surface area contributed by atoms with Crippen molar-refractivity contribution >= 4 is 23.6 Å². The summed E-state index contributed by atoms with van der Waals surface area (Å²) in [7, 11) is 0. The van der Waals surface area contributed by atoms with E-state index in [0.717, 1.165) is 0 Å². The van der Waals surface area contributed by atoms with Gasteiger partial charge in [0.2, 0.25) is 0 Å². The molecule has 20 N–H and O–H groups in total. The highest BCUT2D eigenvalue weighted by molar-refractivity contribution is 5.96. The van der Waals surface area contributed by atoms with Crippen LogP contribution in [-0.4, -0.2) is 241 Å². The lowest BCUT2D eigenvalue weighted by molar-refractivity contribution is -0.311. The van der Waals surface area contributed by atoms with E-state index in [-0.39, 0.29) is 24.0 Å². The monoisotopic (exact) mass is 1100 g/mol. The van der Waals surface area contributed by atoms with Gasteiger partial charge in [-0.2, -0.15) is 0 Å². The van der Waals surface area contributed by atoms with Crippen LogP contribution in [0.4, 0.5) is 0 Å². The molecule has 0 unspecified atom stereocenters. The zero-order chi connectivity index (χ0) is 57.2. The number of benzene rings is 4. The molecule has 0 spiro atoms. The van der Waals surface area contributed by atoms with Crippen LogP contribution in [0.3, 0.4) is 0 Å². The quantitative estimate of drug-likeness (QED) is 0.0328. The topological polar surface area (TPSA) is 459 Å². The van der Waals surface area contributed by atoms with Crippen LogP contribution in [0.2, 0.25) is 0 Å². The minimum atomic E-state index is -2.46. The van der Waals surface area contributed by atoms with Crippen LogP contribution in [0.15, 0.2) is 109 Å². The molecule has 0 saturated carbocycles. The van der Waals surface area contributed by atoms with E-state index in [1.54, 1.807) is 84.9 Å². The van der Waals surface area contributed by atoms with Crippen molar-refractivity contribution in [2.45, 2.75) is 122 Å². The molecule has 0 aromatic heterocycles. The van der Waals surface area contributed by atoms with Crippen LogP contribution in [0.5, 0.6) is 0 Å². The fraction of sp³-hybridized carbons (Fsp3) is 0.462. The number of aliphatic hydroxyl groups is 16. The highest BCUT2D eigenvalue weighted by Gasteiger charge is 2.55. The first kappa shape index (κ1) is 61.3. The molecule has 18 atom stereocenters. The Labute approximate surface area is 445 Å². The lowest BCUT2D eigenvalue weighted by Crippen LogP contribution is -2.71. The number of ether oxygens (including phenoxy) is 2. The minimum absolute atomic E-state index is 0.0169. The second-order valence-electron chi connectivity index (χ2n) is 19.2. The smallest absolute Gasteiger partial charge is 0.251 e. The first-order chi connectivity index (χ1) is 36.9. The van der Waals surface area contributed by atoms with Crippen molar-refractivity contribution in [3.8, 4) is 11.1 Å². The fourth-order valence-corrected chi connectivity index (χ4v) is 9.02. The van der Waals surface area contributed by atoms with Crippen molar-refractivity contribution in [2.75, 3.05) is 26.3 Å². The Morgan fingerprint density at radius 2 is 0.782 bits per heavy atom. The van der Waals surface area contributed by atoms with Crippen molar-refractivity contribution in [1.29, 1.82) is 0 Å². The van der Waals surface area contributed by atoms with Crippen molar-refractivity contribution in [2.24, 2.45) is 0 Å². The van der Waals surface area contributed by atoms with Gasteiger partial charge in [0.25, 0.3) is 23.6 Å². The van der Waals surface area contributed by atoms with Crippen molar-refractivity contribution in [3.63, 3.8) is 0 Å². The van der Waals surface area contributed by atoms with Gasteiger partial charge in [0.15, 0.2) is 23.8 Å². The maximum absolute atomic E-state index is 13.8. The van der Waals surface area contributed by atoms with Crippen LogP contribution in [0.25, 0.3) is 11.1 Å². The van der Waals surface area contributed by atoms with Gasteiger partial charge < -0.3 is 112 Å². The van der Waals surface area contributed by atoms with E-state index in [1.807, 2.05) is 0 Å². The lowest BCUT2D eigenvalue weighted by Gasteiger charge is -2.48. The molecule has 0 radical (unpaired) electrons. The molecule has 26 nitrogen and oxygen atoms in total. The fourth-order valence-electron chi connectivity index (χ4n) is 9.02. The van der Waals surface area contributed by atoms with E-state index < -0.39 is 159 Å². The number of carbonyl (C=O) groups is 4. The van der Waals surface area contributed by atoms with Crippen molar-refractivity contribution in [3.05, 3.63) is 131 Å². The highest BCUT2D eigenvalue weighted by atomic mass is 16.7. The van der Waals surface area contributed by atoms with Gasteiger partial charge in [-0.05, 0) is 46.5 Å². The van der Waals surface area contributed by atoms with Gasteiger partial charge >= 0.3 is 0 Å². The molecule has 78 heavy (non-hydrogen) atoms. The van der Waals surface area contributed by atoms with Crippen LogP contribution in [0.1, 0.15) is 31.8 Å². The van der Waals surface area contributed by atoms with Gasteiger partial charge in [-0.1, -0.05) is 84.9 Å². The summed E-state index contributed by atoms with van der Waals surface area (Å²) in [5.41, 5.74) is 2.03. The van der Waals surface area contributed by atoms with Crippen molar-refractivity contribution < 1.29 is 110 Å². The molecule has 4 amide bonds. The van der Waals surface area contributed by atoms with Gasteiger partial charge in [-0.15, -0.1) is 0 Å². The molecule has 2 saturated heterocycles. The Bertz CT molecular complexity index is 2410. The Balaban J connectivity index is 1.12. The molecular weight excluding hydrogens is 1030 g/mol. The summed E-state index contributed by atoms with van der Waals surface area (Å²) in [5, 5.41) is 176. The van der Waals surface area contributed by atoms with E-state index in [4.69, 9.17) is 19.7 Å². The average molecular weight is 1100 g/mol. The molecule has 4 aromatic carbocycles. The Kier molecular flexibility index (Phi) is 21.0. The van der Waals surface area contributed by atoms with Gasteiger partial charge in [0.1, 0.15) is 85.3 Å². The molecule has 2 heterocycles. The van der Waals surface area contributed by atoms with Crippen molar-refractivity contribution in [1.82, 2.24) is 21.3 Å². The average Bonchev–Trinajstić information content (AvgIpc) is 3.46. The maximum atomic E-state index is 13.8. The third-order valence-electron chi connectivity index (χ3n) is 13.6. The number of hydrogen-bond acceptors (Lipinski definition) is 22. The number of aliphatic hydroxyl groups excluding tert-OH is 14. The molecule has 2 fully saturated rings. The molecule has 2 aliphatic rings. The molecule has 6 rings (SSSR count). The SMILES string of the molecule is O=C(N[C@@H]1[C@@H](O)[C@H](O)[C@@H](CNC(=O)[C@H](O)[C@@H](O)[C@H](O)[C@H](O)CO)O[C@@]1(O)Cc1ccccc1)c1ccc(-c2ccc(C(=O)N[C@@H]3[C@@H](O)[C@H](O)[C@@H](CNC(=O)[C@H](O)[C@@H](O)[C@H](O)[C@H](O)CO)O[C@@]3(O)Cc3ccccc3)cc2)cc1. The number of hydrogen-bond donors (Lipinski definition) is 20. The van der Waals surface area contributed by atoms with E-state index in [2.05, 4.69) is 21.3 Å². The van der Waals surface area contributed by atoms with Gasteiger partial charge in [-0.25, -0.2) is 0 Å². The zero-order valence-corrected chi connectivity index (χ0v) is 41.5. The van der Waals surface area contributed by atoms with E-state index >= 15 is 0 Å². The second kappa shape index (κ2) is 26.8. The Hall–Kier alpha value is -5.96. The summed E-state index contributed by atoms with van der Waals surface area (Å²) in [4.78, 5) is 52.9. The predicted octanol–water partition coefficient (Wildman–Crippen LogP) is -7.24. The van der Waals surface area contributed by atoms with E-state index in [0.29, 0.717) is 22.3 Å². The number of rotatable bonds is 23. The second-order valence-corrected chi connectivity index (χ2v) is 19.2. The summed E-state index contributed by atoms with van der Waals surface area (Å²) in [5.74, 6) is -9.21. The zero-order valence-electron chi connectivity index (χ0n) is 41.5. The predicted molar refractivity (Wildman–Crippen MR) is 267 cm³/mol. The van der Waals surface area contributed by atoms with Gasteiger partial charge in [0, 0.05) is 37.1 Å². The summed E-state index contributed by atoms with van der Waals surface area (Å²) in [6.45, 7) is -3.37. The summed E-state index contributed by atoms with van der Waals surface area (Å²) in [6, 6.07) is 24.8. The van der Waals surface area contributed by atoms with Gasteiger partial charge in [0.05, 0.1) is 13.2 Å². The number of carbonyl (C=O) groups excluding carboxylic acids is 4. The molecule has 2 aliphatic heterocycles. The van der Waals surface area contributed by atoms with E-state index in [9.17, 15) is 90.7 Å². The highest BCUT2D eigenvalue weighted by Crippen LogP contribution is 2.34. The number of nitrogens with one attached hydrogen (secondary N) is 4. The van der Waals surface area contributed by atoms with Crippen LogP contribution in [-0.2, 0) is 31.9 Å². The largest absolute Gasteiger partial charge is 0.394 e. The molecule has 26 heteroatoms. The molecular formula is C52H66N4O22. The first-order valence-corrected chi connectivity index (χ1v) is 24.6. The molecule has 426 valence electrons. The summed E-state index contributed by atoms with van der Waals surface area (Å²) in [6.07, 6.45) is -28.8. The first-order valence-electron chi connectivity index (χ1n) is 24.6. The maximum Gasteiger partial charge on any atom is 0.251 e. The standard InChI is InChI=1S/C52H66N4O22/c57-23-31(59)35(61)39(65)43(69)49(73)53-21-33-37(63)41(67)45(51(75,77-33)19-25-7-3-1-4-8-25)55-47(71)29-15-11-27(12-16-29)28-13-17-30(18-14-28)48(72)56-46-42(68)38(64)34(78-52(46,76)20-26-9-5-2-6-10-26)22-54-50(74)44(70)40(66)36(62)32(60)24-58/h1-18,31-46,57-70,75-76H,19-24H2,(H,53,73)(H,54,74)(H,55,71)(H,56,72)/t31-,32-,33-,34-,35-,36-,37-,38-,39+,40+,41+,42+,43-,44-,45-,46-,51+,52+/m1/s1. The number of amides is 4. The normalized spacial score (nSPS) is 28.4. The third kappa shape index (κ3) is 14.4. The lowest BCUT2D eigenvalue weighted by atomic mass is 9.86. The molecule has 0 bridgehead atoms. The summed E-state index contributed by atoms with van der Waals surface area (Å²) >= 11 is 0. The van der Waals surface area contributed by atoms with Gasteiger partial charge in [-0.3, -0.25) is 19.2 Å². The minimum Gasteiger partial charge on any atom is -0.394 e. The van der Waals surface area contributed by atoms with Crippen LogP contribution >= 0.6 is 0 Å². The van der Waals surface area contributed by atoms with Crippen LogP contribution < -0.4 is 21.3 Å². The molecule has 0 aliphatic carbocycles. The summed E-state index contributed by atoms with van der Waals surface area (Å²) < 4.78 is 11.8.